The van der Waals surface area contributed by atoms with Crippen LogP contribution in [-0.2, 0) is 0 Å². The first-order chi connectivity index (χ1) is 6.03. The van der Waals surface area contributed by atoms with Crippen LogP contribution in [0.15, 0.2) is 29.2 Å². The van der Waals surface area contributed by atoms with Crippen molar-refractivity contribution in [2.24, 2.45) is 5.84 Å². The highest BCUT2D eigenvalue weighted by Gasteiger charge is 2.30. The Kier molecular flexibility index (Phi) is 5.11. The second kappa shape index (κ2) is 5.33. The van der Waals surface area contributed by atoms with E-state index in [1.807, 2.05) is 0 Å². The van der Waals surface area contributed by atoms with Gasteiger partial charge in [0, 0.05) is 4.90 Å². The molecule has 0 aliphatic carbocycles. The van der Waals surface area contributed by atoms with Crippen LogP contribution >= 0.6 is 24.2 Å². The summed E-state index contributed by atoms with van der Waals surface area (Å²) in [6, 6.07) is 5.96. The topological polar surface area (TPSA) is 38.0 Å². The van der Waals surface area contributed by atoms with E-state index in [1.54, 1.807) is 6.07 Å². The average Bonchev–Trinajstić information content (AvgIpc) is 2.02. The summed E-state index contributed by atoms with van der Waals surface area (Å²) in [4.78, 5) is 0.0671. The van der Waals surface area contributed by atoms with Gasteiger partial charge in [-0.2, -0.15) is 13.2 Å². The van der Waals surface area contributed by atoms with E-state index in [4.69, 9.17) is 5.84 Å². The highest BCUT2D eigenvalue weighted by atomic mass is 35.5. The van der Waals surface area contributed by atoms with Crippen molar-refractivity contribution < 1.29 is 13.2 Å². The zero-order valence-electron chi connectivity index (χ0n) is 6.84. The van der Waals surface area contributed by atoms with Crippen LogP contribution in [0, 0.1) is 0 Å². The number of nitrogen functional groups attached to an aromatic ring is 1. The van der Waals surface area contributed by atoms with Crippen molar-refractivity contribution in [2.75, 3.05) is 5.43 Å². The number of hydrogen-bond donors (Lipinski definition) is 2. The zero-order valence-corrected chi connectivity index (χ0v) is 8.47. The number of hydrazine groups is 1. The lowest BCUT2D eigenvalue weighted by Gasteiger charge is -2.09. The Morgan fingerprint density at radius 2 is 1.79 bits per heavy atom. The molecule has 0 aliphatic heterocycles. The fourth-order valence-electron chi connectivity index (χ4n) is 0.800. The molecule has 0 saturated carbocycles. The maximum absolute atomic E-state index is 12.0. The van der Waals surface area contributed by atoms with Gasteiger partial charge in [0.1, 0.15) is 0 Å². The molecule has 0 unspecified atom stereocenters. The summed E-state index contributed by atoms with van der Waals surface area (Å²) in [6.45, 7) is 0. The molecule has 1 aromatic carbocycles. The third-order valence-electron chi connectivity index (χ3n) is 1.27. The molecule has 0 spiro atoms. The molecule has 2 nitrogen and oxygen atoms in total. The third-order valence-corrected chi connectivity index (χ3v) is 2.08. The van der Waals surface area contributed by atoms with Gasteiger partial charge in [-0.05, 0) is 23.9 Å². The summed E-state index contributed by atoms with van der Waals surface area (Å²) in [5, 5.41) is 0. The van der Waals surface area contributed by atoms with E-state index in [9.17, 15) is 13.2 Å². The monoisotopic (exact) mass is 244 g/mol. The van der Waals surface area contributed by atoms with Crippen molar-refractivity contribution >= 4 is 29.9 Å². The van der Waals surface area contributed by atoms with Gasteiger partial charge in [-0.25, -0.2) is 0 Å². The molecule has 3 N–H and O–H groups in total. The smallest absolute Gasteiger partial charge is 0.323 e. The van der Waals surface area contributed by atoms with E-state index < -0.39 is 5.51 Å². The van der Waals surface area contributed by atoms with E-state index >= 15 is 0 Å². The maximum atomic E-state index is 12.0. The van der Waals surface area contributed by atoms with Crippen LogP contribution < -0.4 is 11.3 Å². The minimum atomic E-state index is -4.28. The molecule has 0 bridgehead atoms. The summed E-state index contributed by atoms with van der Waals surface area (Å²) >= 11 is -0.191. The van der Waals surface area contributed by atoms with Gasteiger partial charge in [0.15, 0.2) is 0 Å². The lowest BCUT2D eigenvalue weighted by molar-refractivity contribution is -0.0327. The van der Waals surface area contributed by atoms with Gasteiger partial charge in [-0.1, -0.05) is 12.1 Å². The first-order valence-electron chi connectivity index (χ1n) is 3.34. The number of hydrogen-bond acceptors (Lipinski definition) is 3. The first kappa shape index (κ1) is 13.4. The SMILES string of the molecule is Cl.NNc1ccccc1SC(F)(F)F. The summed E-state index contributed by atoms with van der Waals surface area (Å²) in [7, 11) is 0. The van der Waals surface area contributed by atoms with Crippen LogP contribution in [0.4, 0.5) is 18.9 Å². The van der Waals surface area contributed by atoms with Gasteiger partial charge in [-0.15, -0.1) is 12.4 Å². The predicted molar refractivity (Wildman–Crippen MR) is 53.4 cm³/mol. The molecule has 1 aromatic rings. The molecule has 0 aromatic heterocycles. The second-order valence-corrected chi connectivity index (χ2v) is 3.30. The normalized spacial score (nSPS) is 10.6. The Labute approximate surface area is 89.4 Å². The largest absolute Gasteiger partial charge is 0.446 e. The van der Waals surface area contributed by atoms with E-state index in [0.717, 1.165) is 0 Å². The lowest BCUT2D eigenvalue weighted by Crippen LogP contribution is -2.09. The van der Waals surface area contributed by atoms with Crippen molar-refractivity contribution in [3.05, 3.63) is 24.3 Å². The van der Waals surface area contributed by atoms with Crippen LogP contribution in [0.3, 0.4) is 0 Å². The quantitative estimate of drug-likeness (QED) is 0.477. The van der Waals surface area contributed by atoms with Gasteiger partial charge in [0.2, 0.25) is 0 Å². The molecule has 0 heterocycles. The number of alkyl halides is 3. The van der Waals surface area contributed by atoms with Gasteiger partial charge in [0.25, 0.3) is 0 Å². The van der Waals surface area contributed by atoms with Gasteiger partial charge < -0.3 is 5.43 Å². The number of para-hydroxylation sites is 1. The molecule has 0 fully saturated rings. The fraction of sp³-hybridized carbons (Fsp3) is 0.143. The maximum Gasteiger partial charge on any atom is 0.446 e. The molecular formula is C7H8ClF3N2S. The minimum Gasteiger partial charge on any atom is -0.323 e. The Morgan fingerprint density at radius 3 is 2.29 bits per heavy atom. The molecule has 0 saturated heterocycles. The summed E-state index contributed by atoms with van der Waals surface area (Å²) in [5.41, 5.74) is -1.82. The van der Waals surface area contributed by atoms with Crippen molar-refractivity contribution in [1.82, 2.24) is 0 Å². The van der Waals surface area contributed by atoms with Gasteiger partial charge >= 0.3 is 5.51 Å². The number of benzene rings is 1. The summed E-state index contributed by atoms with van der Waals surface area (Å²) in [6.07, 6.45) is 0. The second-order valence-electron chi connectivity index (χ2n) is 2.19. The molecule has 0 aliphatic rings. The molecule has 14 heavy (non-hydrogen) atoms. The van der Waals surface area contributed by atoms with Crippen LogP contribution in [0.1, 0.15) is 0 Å². The molecular weight excluding hydrogens is 237 g/mol. The highest BCUT2D eigenvalue weighted by Crippen LogP contribution is 2.39. The Bertz CT molecular complexity index is 293. The van der Waals surface area contributed by atoms with Crippen LogP contribution in [-0.4, -0.2) is 5.51 Å². The highest BCUT2D eigenvalue weighted by molar-refractivity contribution is 8.00. The summed E-state index contributed by atoms with van der Waals surface area (Å²) in [5.74, 6) is 5.04. The van der Waals surface area contributed by atoms with Crippen LogP contribution in [0.25, 0.3) is 0 Å². The van der Waals surface area contributed by atoms with E-state index in [-0.39, 0.29) is 34.8 Å². The predicted octanol–water partition coefficient (Wildman–Crippen LogP) is 3.01. The number of anilines is 1. The van der Waals surface area contributed by atoms with Gasteiger partial charge in [0.05, 0.1) is 5.69 Å². The molecule has 1 rings (SSSR count). The molecule has 0 amide bonds. The number of halogens is 4. The number of thioether (sulfide) groups is 1. The number of nitrogens with two attached hydrogens (primary N) is 1. The lowest BCUT2D eigenvalue weighted by atomic mass is 10.3. The van der Waals surface area contributed by atoms with E-state index in [2.05, 4.69) is 5.43 Å². The van der Waals surface area contributed by atoms with Crippen molar-refractivity contribution in [1.29, 1.82) is 0 Å². The van der Waals surface area contributed by atoms with Crippen LogP contribution in [0.5, 0.6) is 0 Å². The molecule has 80 valence electrons. The summed E-state index contributed by atoms with van der Waals surface area (Å²) < 4.78 is 35.9. The number of rotatable bonds is 2. The Hall–Kier alpha value is -0.590. The van der Waals surface area contributed by atoms with Crippen molar-refractivity contribution in [3.8, 4) is 0 Å². The standard InChI is InChI=1S/C7H7F3N2S.ClH/c8-7(9,10)13-6-4-2-1-3-5(6)12-11;/h1-4,12H,11H2;1H. The number of nitrogens with one attached hydrogen (secondary N) is 1. The Balaban J connectivity index is 0.00000169. The van der Waals surface area contributed by atoms with Gasteiger partial charge in [-0.3, -0.25) is 5.84 Å². The fourth-order valence-corrected chi connectivity index (χ4v) is 1.43. The van der Waals surface area contributed by atoms with E-state index in [0.29, 0.717) is 0 Å². The zero-order chi connectivity index (χ0) is 9.90. The molecule has 7 heteroatoms. The Morgan fingerprint density at radius 1 is 1.21 bits per heavy atom. The third kappa shape index (κ3) is 4.08. The van der Waals surface area contributed by atoms with Crippen molar-refractivity contribution in [2.45, 2.75) is 10.4 Å². The first-order valence-corrected chi connectivity index (χ1v) is 4.16. The van der Waals surface area contributed by atoms with Crippen molar-refractivity contribution in [3.63, 3.8) is 0 Å². The average molecular weight is 245 g/mol. The molecule has 0 radical (unpaired) electrons. The molecule has 0 atom stereocenters. The van der Waals surface area contributed by atoms with Crippen LogP contribution in [0.2, 0.25) is 0 Å². The minimum absolute atomic E-state index is 0. The van der Waals surface area contributed by atoms with E-state index in [1.165, 1.54) is 18.2 Å².